The number of pyridine rings is 1. The highest BCUT2D eigenvalue weighted by atomic mass is 16.5. The zero-order valence-electron chi connectivity index (χ0n) is 9.89. The molecule has 1 aliphatic heterocycles. The van der Waals surface area contributed by atoms with Crippen LogP contribution < -0.4 is 5.32 Å². The standard InChI is InChI=1S/C13H18N2O2/c16-13(15-12-2-1-7-14-10-12)4-3-11-5-8-17-9-6-11/h1-2,7,10-11H,3-6,8-9H2,(H,15,16). The van der Waals surface area contributed by atoms with E-state index in [0.717, 1.165) is 38.2 Å². The molecule has 92 valence electrons. The van der Waals surface area contributed by atoms with Crippen molar-refractivity contribution in [3.8, 4) is 0 Å². The van der Waals surface area contributed by atoms with E-state index in [1.54, 1.807) is 12.4 Å². The summed E-state index contributed by atoms with van der Waals surface area (Å²) in [7, 11) is 0. The van der Waals surface area contributed by atoms with Crippen molar-refractivity contribution in [2.75, 3.05) is 18.5 Å². The fraction of sp³-hybridized carbons (Fsp3) is 0.538. The maximum absolute atomic E-state index is 11.7. The summed E-state index contributed by atoms with van der Waals surface area (Å²) in [6.07, 6.45) is 7.05. The van der Waals surface area contributed by atoms with Gasteiger partial charge in [-0.3, -0.25) is 9.78 Å². The zero-order chi connectivity index (χ0) is 11.9. The van der Waals surface area contributed by atoms with E-state index in [1.807, 2.05) is 12.1 Å². The van der Waals surface area contributed by atoms with Gasteiger partial charge in [-0.2, -0.15) is 0 Å². The van der Waals surface area contributed by atoms with Crippen LogP contribution >= 0.6 is 0 Å². The lowest BCUT2D eigenvalue weighted by Gasteiger charge is -2.21. The molecule has 0 unspecified atom stereocenters. The van der Waals surface area contributed by atoms with Gasteiger partial charge in [-0.05, 0) is 37.3 Å². The van der Waals surface area contributed by atoms with Crippen molar-refractivity contribution >= 4 is 11.6 Å². The van der Waals surface area contributed by atoms with Crippen LogP contribution in [0.25, 0.3) is 0 Å². The Morgan fingerprint density at radius 1 is 1.47 bits per heavy atom. The molecule has 4 heteroatoms. The molecule has 1 aromatic heterocycles. The third kappa shape index (κ3) is 4.15. The van der Waals surface area contributed by atoms with Crippen molar-refractivity contribution < 1.29 is 9.53 Å². The number of anilines is 1. The summed E-state index contributed by atoms with van der Waals surface area (Å²) in [5.74, 6) is 0.716. The summed E-state index contributed by atoms with van der Waals surface area (Å²) in [5.41, 5.74) is 0.768. The Balaban J connectivity index is 1.70. The van der Waals surface area contributed by atoms with Crippen LogP contribution in [0.2, 0.25) is 0 Å². The van der Waals surface area contributed by atoms with Gasteiger partial charge in [0.25, 0.3) is 0 Å². The first kappa shape index (κ1) is 12.0. The Morgan fingerprint density at radius 3 is 3.00 bits per heavy atom. The van der Waals surface area contributed by atoms with Crippen LogP contribution in [0, 0.1) is 5.92 Å². The molecule has 4 nitrogen and oxygen atoms in total. The quantitative estimate of drug-likeness (QED) is 0.869. The van der Waals surface area contributed by atoms with Crippen LogP contribution in [-0.2, 0) is 9.53 Å². The number of amides is 1. The number of hydrogen-bond donors (Lipinski definition) is 1. The smallest absolute Gasteiger partial charge is 0.224 e. The predicted octanol–water partition coefficient (Wildman–Crippen LogP) is 2.23. The number of ether oxygens (including phenoxy) is 1. The minimum atomic E-state index is 0.0736. The fourth-order valence-corrected chi connectivity index (χ4v) is 2.03. The molecule has 1 aliphatic rings. The van der Waals surface area contributed by atoms with Gasteiger partial charge in [0.2, 0.25) is 5.91 Å². The Bertz CT molecular complexity index is 348. The molecule has 0 aromatic carbocycles. The van der Waals surface area contributed by atoms with Crippen molar-refractivity contribution in [1.82, 2.24) is 4.98 Å². The van der Waals surface area contributed by atoms with E-state index in [2.05, 4.69) is 10.3 Å². The molecular weight excluding hydrogens is 216 g/mol. The van der Waals surface area contributed by atoms with Gasteiger partial charge in [0.05, 0.1) is 11.9 Å². The summed E-state index contributed by atoms with van der Waals surface area (Å²) < 4.78 is 5.29. The SMILES string of the molecule is O=C(CCC1CCOCC1)Nc1cccnc1. The van der Waals surface area contributed by atoms with Gasteiger partial charge in [-0.25, -0.2) is 0 Å². The summed E-state index contributed by atoms with van der Waals surface area (Å²) in [6, 6.07) is 3.66. The average molecular weight is 234 g/mol. The van der Waals surface area contributed by atoms with Gasteiger partial charge in [0.15, 0.2) is 0 Å². The van der Waals surface area contributed by atoms with E-state index in [9.17, 15) is 4.79 Å². The summed E-state index contributed by atoms with van der Waals surface area (Å²) in [6.45, 7) is 1.68. The molecule has 1 fully saturated rings. The zero-order valence-corrected chi connectivity index (χ0v) is 9.89. The van der Waals surface area contributed by atoms with Gasteiger partial charge < -0.3 is 10.1 Å². The maximum atomic E-state index is 11.7. The first-order valence-electron chi connectivity index (χ1n) is 6.12. The minimum absolute atomic E-state index is 0.0736. The van der Waals surface area contributed by atoms with Crippen molar-refractivity contribution in [3.63, 3.8) is 0 Å². The molecule has 1 amide bonds. The molecule has 0 atom stereocenters. The molecule has 0 bridgehead atoms. The number of aromatic nitrogens is 1. The van der Waals surface area contributed by atoms with Gasteiger partial charge in [0, 0.05) is 25.8 Å². The number of carbonyl (C=O) groups excluding carboxylic acids is 1. The molecule has 2 rings (SSSR count). The largest absolute Gasteiger partial charge is 0.381 e. The third-order valence-electron chi connectivity index (χ3n) is 3.07. The first-order valence-corrected chi connectivity index (χ1v) is 6.12. The molecule has 1 aromatic rings. The van der Waals surface area contributed by atoms with Gasteiger partial charge >= 0.3 is 0 Å². The van der Waals surface area contributed by atoms with Crippen LogP contribution in [-0.4, -0.2) is 24.1 Å². The predicted molar refractivity (Wildman–Crippen MR) is 65.6 cm³/mol. The second-order valence-electron chi connectivity index (χ2n) is 4.38. The molecule has 2 heterocycles. The Labute approximate surface area is 101 Å². The summed E-state index contributed by atoms with van der Waals surface area (Å²) in [5, 5.41) is 2.85. The van der Waals surface area contributed by atoms with Crippen LogP contribution in [0.1, 0.15) is 25.7 Å². The van der Waals surface area contributed by atoms with Crippen molar-refractivity contribution in [2.45, 2.75) is 25.7 Å². The van der Waals surface area contributed by atoms with Gasteiger partial charge in [0.1, 0.15) is 0 Å². The van der Waals surface area contributed by atoms with Crippen molar-refractivity contribution in [1.29, 1.82) is 0 Å². The van der Waals surface area contributed by atoms with E-state index in [-0.39, 0.29) is 5.91 Å². The normalized spacial score (nSPS) is 16.7. The topological polar surface area (TPSA) is 51.2 Å². The average Bonchev–Trinajstić information content (AvgIpc) is 2.39. The molecule has 1 N–H and O–H groups in total. The fourth-order valence-electron chi connectivity index (χ4n) is 2.03. The van der Waals surface area contributed by atoms with Gasteiger partial charge in [-0.15, -0.1) is 0 Å². The highest BCUT2D eigenvalue weighted by molar-refractivity contribution is 5.90. The van der Waals surface area contributed by atoms with E-state index in [1.165, 1.54) is 0 Å². The molecule has 0 spiro atoms. The van der Waals surface area contributed by atoms with Crippen LogP contribution in [0.3, 0.4) is 0 Å². The molecule has 0 saturated carbocycles. The number of rotatable bonds is 4. The monoisotopic (exact) mass is 234 g/mol. The number of nitrogens with zero attached hydrogens (tertiary/aromatic N) is 1. The molecule has 0 aliphatic carbocycles. The van der Waals surface area contributed by atoms with E-state index in [4.69, 9.17) is 4.74 Å². The number of carbonyl (C=O) groups is 1. The minimum Gasteiger partial charge on any atom is -0.381 e. The highest BCUT2D eigenvalue weighted by Gasteiger charge is 2.15. The van der Waals surface area contributed by atoms with E-state index < -0.39 is 0 Å². The maximum Gasteiger partial charge on any atom is 0.224 e. The third-order valence-corrected chi connectivity index (χ3v) is 3.07. The number of hydrogen-bond acceptors (Lipinski definition) is 3. The lowest BCUT2D eigenvalue weighted by atomic mass is 9.95. The van der Waals surface area contributed by atoms with Crippen molar-refractivity contribution in [2.24, 2.45) is 5.92 Å². The molecule has 0 radical (unpaired) electrons. The summed E-state index contributed by atoms with van der Waals surface area (Å²) in [4.78, 5) is 15.6. The lowest BCUT2D eigenvalue weighted by Crippen LogP contribution is -2.18. The number of nitrogens with one attached hydrogen (secondary N) is 1. The Kier molecular flexibility index (Phi) is 4.50. The van der Waals surface area contributed by atoms with Crippen LogP contribution in [0.4, 0.5) is 5.69 Å². The van der Waals surface area contributed by atoms with Crippen LogP contribution in [0.15, 0.2) is 24.5 Å². The Morgan fingerprint density at radius 2 is 2.29 bits per heavy atom. The van der Waals surface area contributed by atoms with Gasteiger partial charge in [-0.1, -0.05) is 0 Å². The first-order chi connectivity index (χ1) is 8.34. The Hall–Kier alpha value is -1.42. The molecule has 17 heavy (non-hydrogen) atoms. The van der Waals surface area contributed by atoms with E-state index in [0.29, 0.717) is 12.3 Å². The summed E-state index contributed by atoms with van der Waals surface area (Å²) >= 11 is 0. The molecular formula is C13H18N2O2. The van der Waals surface area contributed by atoms with Crippen molar-refractivity contribution in [3.05, 3.63) is 24.5 Å². The van der Waals surface area contributed by atoms with Crippen LogP contribution in [0.5, 0.6) is 0 Å². The molecule has 1 saturated heterocycles. The van der Waals surface area contributed by atoms with E-state index >= 15 is 0 Å². The highest BCUT2D eigenvalue weighted by Crippen LogP contribution is 2.20. The lowest BCUT2D eigenvalue weighted by molar-refractivity contribution is -0.116. The second-order valence-corrected chi connectivity index (χ2v) is 4.38. The second kappa shape index (κ2) is 6.35.